The second-order valence-electron chi connectivity index (χ2n) is 22.4. The van der Waals surface area contributed by atoms with Crippen LogP contribution in [0.4, 0.5) is 87.8 Å². The van der Waals surface area contributed by atoms with Gasteiger partial charge in [-0.1, -0.05) is 140 Å². The maximum atomic E-state index is 15.4. The molecular formula is C69H72BClCrF20OPPd-. The Morgan fingerprint density at radius 1 is 0.389 bits per heavy atom. The second-order valence-corrected chi connectivity index (χ2v) is 25.4. The van der Waals surface area contributed by atoms with Crippen LogP contribution in [0.2, 0.25) is 0 Å². The first-order chi connectivity index (χ1) is 43.2. The fourth-order valence-electron chi connectivity index (χ4n) is 12.5. The summed E-state index contributed by atoms with van der Waals surface area (Å²) in [6.07, 6.45) is 22.3. The Balaban J connectivity index is 0.000000744. The zero-order valence-corrected chi connectivity index (χ0v) is 57.1. The van der Waals surface area contributed by atoms with Crippen molar-refractivity contribution in [1.82, 2.24) is 0 Å². The van der Waals surface area contributed by atoms with Gasteiger partial charge in [0, 0.05) is 33.6 Å². The fourth-order valence-corrected chi connectivity index (χ4v) is 17.1. The molecule has 6 aromatic carbocycles. The molecule has 26 heteroatoms. The molecule has 0 aromatic heterocycles. The van der Waals surface area contributed by atoms with Crippen molar-refractivity contribution < 1.29 is 143 Å². The number of rotatable bonds is 15. The summed E-state index contributed by atoms with van der Waals surface area (Å²) in [6, 6.07) is 21.3. The van der Waals surface area contributed by atoms with Crippen molar-refractivity contribution in [3.05, 3.63) is 234 Å². The molecule has 3 fully saturated rings. The molecule has 0 unspecified atom stereocenters. The zero-order chi connectivity index (χ0) is 67.6. The smallest absolute Gasteiger partial charge is 1.00 e. The van der Waals surface area contributed by atoms with Gasteiger partial charge in [-0.3, -0.25) is 0 Å². The minimum Gasteiger partial charge on any atom is -1.00 e. The van der Waals surface area contributed by atoms with E-state index in [1.165, 1.54) is 65.6 Å². The number of hydrogen-bond acceptors (Lipinski definition) is 1. The summed E-state index contributed by atoms with van der Waals surface area (Å²) in [5, 5.41) is 0. The molecule has 1 nitrogen and oxygen atoms in total. The van der Waals surface area contributed by atoms with Gasteiger partial charge in [0.05, 0.1) is 0 Å². The minimum absolute atomic E-state index is 0. The van der Waals surface area contributed by atoms with Crippen LogP contribution in [0.3, 0.4) is 0 Å². The first-order valence-corrected chi connectivity index (χ1v) is 31.3. The van der Waals surface area contributed by atoms with E-state index in [0.29, 0.717) is 7.92 Å². The molecular weight excluding hydrogens is 1460 g/mol. The number of halogens is 21. The monoisotopic (exact) mass is 1530 g/mol. The topological polar surface area (TPSA) is 9.23 Å². The zero-order valence-electron chi connectivity index (χ0n) is 52.6. The van der Waals surface area contributed by atoms with Crippen molar-refractivity contribution in [2.24, 2.45) is 0 Å². The molecule has 3 aliphatic carbocycles. The Morgan fingerprint density at radius 2 is 0.579 bits per heavy atom. The summed E-state index contributed by atoms with van der Waals surface area (Å²) in [7, 11) is 0.385. The van der Waals surface area contributed by atoms with E-state index in [1.807, 2.05) is 13.8 Å². The number of hydrogen-bond donors (Lipinski definition) is 0. The van der Waals surface area contributed by atoms with Crippen molar-refractivity contribution in [2.75, 3.05) is 13.2 Å². The van der Waals surface area contributed by atoms with Crippen molar-refractivity contribution in [1.29, 1.82) is 0 Å². The van der Waals surface area contributed by atoms with E-state index in [4.69, 9.17) is 4.74 Å². The summed E-state index contributed by atoms with van der Waals surface area (Å²) in [6.45, 7) is 16.6. The molecule has 0 amide bonds. The second kappa shape index (κ2) is 42.1. The third-order valence-electron chi connectivity index (χ3n) is 16.2. The van der Waals surface area contributed by atoms with E-state index in [1.54, 1.807) is 77.0 Å². The fraction of sp³-hybridized carbons (Fsp3) is 0.377. The van der Waals surface area contributed by atoms with E-state index in [-0.39, 0.29) is 57.6 Å². The standard InChI is InChI=1S/C24BF20.C19H21.C18H33P.C4H10O.C3H5.CH3.ClH.Cr.Pd/c26-5-1(6(27)14(35)21(42)13(5)34)25(2-7(28)15(36)22(43)16(37)8(2)29,3-9(30)17(38)23(44)18(39)10(3)31)4-11(32)19(40)24(45)20(41)12(4)33;1-16(14-18-9-5-3-6-10-18)13-17(2)15-19-11-7-4-8-12-19;1-4-10-16(11-5-1)19(17-12-6-2-7-13-17)18-14-8-3-9-15-18;1-3-5-4-2;1-3-2;;;;/h;3-13H,14-15H2,1-2H3;16-18H,1-15H2;3-4H2,1-2H3;3H,1-2H2;1H3;1H;;/q-1;;;;;-1;;+2;/p-1. The predicted molar refractivity (Wildman–Crippen MR) is 323 cm³/mol. The quantitative estimate of drug-likeness (QED) is 0.0249. The molecule has 6 radical (unpaired) electrons. The summed E-state index contributed by atoms with van der Waals surface area (Å²) < 4.78 is 299. The molecule has 3 aliphatic rings. The average Bonchev–Trinajstić information content (AvgIpc) is 0.683. The Morgan fingerprint density at radius 3 is 0.758 bits per heavy atom. The first kappa shape index (κ1) is 88.9. The number of benzene rings is 6. The van der Waals surface area contributed by atoms with E-state index < -0.39 is 144 Å². The summed E-state index contributed by atoms with van der Waals surface area (Å²) >= 11 is 0. The van der Waals surface area contributed by atoms with Crippen molar-refractivity contribution in [3.8, 4) is 0 Å². The average molecular weight is 1530 g/mol. The SMILES string of the molecule is C1CCC(P(C2CCCCC2)C2CCCCC2)CC1.CCOCC.C[C]([CH][C](C)Cc1ccccc1)Cc1ccccc1.Fc1c(F)c(F)c([B-](c2c(F)c(F)c(F)c(F)c2F)(c2c(F)c(F)c(F)c(F)c2F)c2c(F)c(F)c(F)c(F)c2F)c(F)c1F.[CH2][CH][CH2].[CH3-].[Cl-].[Cr+2].[Pd]. The molecule has 0 N–H and O–H groups in total. The van der Waals surface area contributed by atoms with Gasteiger partial charge in [0.25, 0.3) is 0 Å². The van der Waals surface area contributed by atoms with Gasteiger partial charge in [-0.25, -0.2) is 87.8 Å². The van der Waals surface area contributed by atoms with Gasteiger partial charge in [-0.05, 0) is 132 Å². The van der Waals surface area contributed by atoms with Gasteiger partial charge in [0.1, 0.15) is 52.7 Å². The van der Waals surface area contributed by atoms with Gasteiger partial charge in [-0.2, -0.15) is 0 Å². The van der Waals surface area contributed by atoms with E-state index >= 15 is 35.1 Å². The maximum Gasteiger partial charge on any atom is 2.00 e. The summed E-state index contributed by atoms with van der Waals surface area (Å²) in [4.78, 5) is 0. The van der Waals surface area contributed by atoms with Gasteiger partial charge in [-0.15, -0.1) is 21.9 Å². The molecule has 0 spiro atoms. The van der Waals surface area contributed by atoms with Gasteiger partial charge in [0.2, 0.25) is 0 Å². The van der Waals surface area contributed by atoms with Crippen LogP contribution in [0.25, 0.3) is 0 Å². The first-order valence-electron chi connectivity index (χ1n) is 29.8. The Labute approximate surface area is 576 Å². The molecule has 95 heavy (non-hydrogen) atoms. The normalized spacial score (nSPS) is 14.3. The van der Waals surface area contributed by atoms with Gasteiger partial charge >= 0.3 is 17.4 Å². The molecule has 0 atom stereocenters. The van der Waals surface area contributed by atoms with Crippen LogP contribution >= 0.6 is 7.92 Å². The molecule has 526 valence electrons. The van der Waals surface area contributed by atoms with Crippen LogP contribution in [0.5, 0.6) is 0 Å². The van der Waals surface area contributed by atoms with Crippen LogP contribution in [0, 0.1) is 162 Å². The molecule has 0 heterocycles. The van der Waals surface area contributed by atoms with Gasteiger partial charge in [0.15, 0.2) is 69.8 Å². The third-order valence-corrected chi connectivity index (χ3v) is 20.3. The maximum absolute atomic E-state index is 15.4. The van der Waals surface area contributed by atoms with Crippen LogP contribution in [-0.4, -0.2) is 36.3 Å². The molecule has 0 aliphatic heterocycles. The predicted octanol–water partition coefficient (Wildman–Crippen LogP) is 16.5. The van der Waals surface area contributed by atoms with Crippen molar-refractivity contribution in [2.45, 2.75) is 154 Å². The molecule has 6 aromatic rings. The molecule has 0 bridgehead atoms. The number of ether oxygens (including phenoxy) is 1. The Kier molecular flexibility index (Phi) is 39.4. The summed E-state index contributed by atoms with van der Waals surface area (Å²) in [5.74, 6) is -68.6. The Hall–Kier alpha value is -4.14. The van der Waals surface area contributed by atoms with E-state index in [9.17, 15) is 52.7 Å². The van der Waals surface area contributed by atoms with Crippen LogP contribution < -0.4 is 34.3 Å². The van der Waals surface area contributed by atoms with Crippen molar-refractivity contribution in [3.63, 3.8) is 0 Å². The van der Waals surface area contributed by atoms with Crippen molar-refractivity contribution >= 4 is 35.9 Å². The van der Waals surface area contributed by atoms with Crippen LogP contribution in [0.1, 0.15) is 135 Å². The van der Waals surface area contributed by atoms with Gasteiger partial charge < -0.3 is 24.6 Å². The minimum atomic E-state index is -7.22. The van der Waals surface area contributed by atoms with E-state index in [2.05, 4.69) is 94.8 Å². The molecule has 0 saturated heterocycles. The van der Waals surface area contributed by atoms with Crippen LogP contribution in [0.15, 0.2) is 60.7 Å². The van der Waals surface area contributed by atoms with Crippen LogP contribution in [-0.2, 0) is 55.4 Å². The van der Waals surface area contributed by atoms with E-state index in [0.717, 1.165) is 26.1 Å². The molecule has 3 saturated carbocycles. The largest absolute Gasteiger partial charge is 2.00 e. The third kappa shape index (κ3) is 21.0. The molecule has 9 rings (SSSR count). The Bertz CT molecular complexity index is 2850. The summed E-state index contributed by atoms with van der Waals surface area (Å²) in [5.41, 5.74) is -8.00.